The van der Waals surface area contributed by atoms with Crippen LogP contribution in [0.1, 0.15) is 26.3 Å². The van der Waals surface area contributed by atoms with Gasteiger partial charge in [-0.15, -0.1) is 23.5 Å². The Morgan fingerprint density at radius 3 is 2.22 bits per heavy atom. The summed E-state index contributed by atoms with van der Waals surface area (Å²) in [4.78, 5) is 0. The van der Waals surface area contributed by atoms with E-state index in [1.165, 1.54) is 11.5 Å². The Hall–Kier alpha value is -0.520. The number of hydrogen-bond acceptors (Lipinski definition) is 2. The number of rotatable bonds is 0. The van der Waals surface area contributed by atoms with Gasteiger partial charge in [0.05, 0.1) is 0 Å². The van der Waals surface area contributed by atoms with Crippen molar-refractivity contribution in [2.45, 2.75) is 25.4 Å². The summed E-state index contributed by atoms with van der Waals surface area (Å²) in [6, 6.07) is 10.3. The summed E-state index contributed by atoms with van der Waals surface area (Å²) in [5.41, 5.74) is 1.55. The minimum Gasteiger partial charge on any atom is -0.134 e. The van der Waals surface area contributed by atoms with E-state index in [4.69, 9.17) is 0 Å². The van der Waals surface area contributed by atoms with Gasteiger partial charge in [-0.25, -0.2) is 0 Å². The predicted molar refractivity (Wildman–Crippen MR) is 85.0 cm³/mol. The monoisotopic (exact) mass is 276 g/mol. The maximum absolute atomic E-state index is 3.39. The average molecular weight is 276 g/mol. The highest BCUT2D eigenvalue weighted by atomic mass is 32.2. The summed E-state index contributed by atoms with van der Waals surface area (Å²) < 4.78 is 0.448. The summed E-state index contributed by atoms with van der Waals surface area (Å²) >= 11 is 4.01. The molecule has 0 nitrogen and oxygen atoms in total. The van der Waals surface area contributed by atoms with Gasteiger partial charge in [0.2, 0.25) is 0 Å². The molecule has 0 aliphatic carbocycles. The lowest BCUT2D eigenvalue weighted by Gasteiger charge is -2.34. The highest BCUT2D eigenvalue weighted by molar-refractivity contribution is 8.17. The van der Waals surface area contributed by atoms with Crippen LogP contribution >= 0.6 is 23.5 Å². The van der Waals surface area contributed by atoms with Gasteiger partial charge in [-0.2, -0.15) is 0 Å². The maximum atomic E-state index is 3.39. The molecule has 1 saturated heterocycles. The lowest BCUT2D eigenvalue weighted by Crippen LogP contribution is -2.29. The van der Waals surface area contributed by atoms with Crippen molar-refractivity contribution < 1.29 is 0 Å². The van der Waals surface area contributed by atoms with Gasteiger partial charge in [-0.3, -0.25) is 0 Å². The van der Waals surface area contributed by atoms with Crippen molar-refractivity contribution in [2.75, 3.05) is 11.5 Å². The van der Waals surface area contributed by atoms with Crippen molar-refractivity contribution in [2.24, 2.45) is 11.3 Å². The predicted octanol–water partition coefficient (Wildman–Crippen LogP) is 4.51. The molecule has 1 heterocycles. The molecule has 96 valence electrons. The second-order valence-electron chi connectivity index (χ2n) is 5.70. The molecule has 0 bridgehead atoms. The van der Waals surface area contributed by atoms with Crippen molar-refractivity contribution in [1.82, 2.24) is 0 Å². The lowest BCUT2D eigenvalue weighted by molar-refractivity contribution is 0.293. The number of thioether (sulfide) groups is 2. The van der Waals surface area contributed by atoms with Crippen molar-refractivity contribution in [3.8, 4) is 11.8 Å². The van der Waals surface area contributed by atoms with Crippen molar-refractivity contribution in [3.05, 3.63) is 35.9 Å². The Labute approximate surface area is 119 Å². The van der Waals surface area contributed by atoms with Crippen LogP contribution in [0.3, 0.4) is 0 Å². The molecule has 0 radical (unpaired) electrons. The molecule has 1 fully saturated rings. The Morgan fingerprint density at radius 2 is 1.67 bits per heavy atom. The largest absolute Gasteiger partial charge is 0.134 e. The standard InChI is InChI=1S/C16H20S2/c1-16(2,3)14-11-17-15(18-12-14)10-9-13-7-5-4-6-8-13/h4-8,14-15H,11-12H2,1-3H3. The van der Waals surface area contributed by atoms with Crippen LogP contribution in [0.4, 0.5) is 0 Å². The van der Waals surface area contributed by atoms with Gasteiger partial charge in [0.25, 0.3) is 0 Å². The Bertz CT molecular complexity index is 426. The van der Waals surface area contributed by atoms with Gasteiger partial charge in [0.1, 0.15) is 4.58 Å². The van der Waals surface area contributed by atoms with Gasteiger partial charge in [0.15, 0.2) is 0 Å². The van der Waals surface area contributed by atoms with Crippen molar-refractivity contribution in [3.63, 3.8) is 0 Å². The molecule has 0 atom stereocenters. The van der Waals surface area contributed by atoms with E-state index in [9.17, 15) is 0 Å². The SMILES string of the molecule is CC(C)(C)C1CSC(C#Cc2ccccc2)SC1. The third-order valence-corrected chi connectivity index (χ3v) is 6.08. The summed E-state index contributed by atoms with van der Waals surface area (Å²) in [6.07, 6.45) is 0. The molecule has 0 amide bonds. The average Bonchev–Trinajstić information content (AvgIpc) is 2.37. The van der Waals surface area contributed by atoms with Gasteiger partial charge >= 0.3 is 0 Å². The Balaban J connectivity index is 1.90. The molecule has 18 heavy (non-hydrogen) atoms. The first-order chi connectivity index (χ1) is 8.55. The number of benzene rings is 1. The minimum atomic E-state index is 0.428. The third kappa shape index (κ3) is 4.00. The highest BCUT2D eigenvalue weighted by Gasteiger charge is 2.29. The molecule has 0 N–H and O–H groups in total. The first-order valence-corrected chi connectivity index (χ1v) is 8.45. The van der Waals surface area contributed by atoms with Gasteiger partial charge in [-0.1, -0.05) is 50.8 Å². The fraction of sp³-hybridized carbons (Fsp3) is 0.500. The molecular formula is C16H20S2. The van der Waals surface area contributed by atoms with Crippen LogP contribution in [0.5, 0.6) is 0 Å². The van der Waals surface area contributed by atoms with E-state index in [2.05, 4.69) is 44.7 Å². The molecule has 1 aliphatic rings. The smallest absolute Gasteiger partial charge is 0.111 e. The van der Waals surface area contributed by atoms with E-state index in [1.807, 2.05) is 41.7 Å². The first-order valence-electron chi connectivity index (χ1n) is 6.35. The topological polar surface area (TPSA) is 0 Å². The lowest BCUT2D eigenvalue weighted by atomic mass is 9.83. The maximum Gasteiger partial charge on any atom is 0.111 e. The van der Waals surface area contributed by atoms with Crippen molar-refractivity contribution in [1.29, 1.82) is 0 Å². The molecule has 0 aromatic heterocycles. The fourth-order valence-corrected chi connectivity index (χ4v) is 5.09. The van der Waals surface area contributed by atoms with E-state index in [0.29, 0.717) is 10.00 Å². The molecule has 2 rings (SSSR count). The van der Waals surface area contributed by atoms with Crippen LogP contribution in [0.2, 0.25) is 0 Å². The van der Waals surface area contributed by atoms with Crippen LogP contribution in [0.25, 0.3) is 0 Å². The summed E-state index contributed by atoms with van der Waals surface area (Å²) in [5.74, 6) is 9.95. The summed E-state index contributed by atoms with van der Waals surface area (Å²) in [5, 5.41) is 0. The van der Waals surface area contributed by atoms with Crippen LogP contribution < -0.4 is 0 Å². The van der Waals surface area contributed by atoms with Crippen LogP contribution in [-0.4, -0.2) is 16.1 Å². The molecule has 1 aliphatic heterocycles. The molecule has 0 saturated carbocycles. The van der Waals surface area contributed by atoms with Crippen LogP contribution in [0.15, 0.2) is 30.3 Å². The molecule has 0 unspecified atom stereocenters. The molecule has 1 aromatic carbocycles. The molecule has 0 spiro atoms. The normalized spacial score (nSPS) is 24.2. The van der Waals surface area contributed by atoms with E-state index < -0.39 is 0 Å². The van der Waals surface area contributed by atoms with E-state index >= 15 is 0 Å². The zero-order valence-corrected chi connectivity index (χ0v) is 12.9. The summed E-state index contributed by atoms with van der Waals surface area (Å²) in [7, 11) is 0. The fourth-order valence-electron chi connectivity index (χ4n) is 1.75. The van der Waals surface area contributed by atoms with Crippen LogP contribution in [0, 0.1) is 23.2 Å². The molecule has 1 aromatic rings. The number of hydrogen-bond donors (Lipinski definition) is 0. The third-order valence-electron chi connectivity index (χ3n) is 3.23. The minimum absolute atomic E-state index is 0.428. The van der Waals surface area contributed by atoms with Gasteiger partial charge in [0, 0.05) is 5.56 Å². The van der Waals surface area contributed by atoms with Gasteiger partial charge < -0.3 is 0 Å². The Kier molecular flexibility index (Phi) is 4.70. The highest BCUT2D eigenvalue weighted by Crippen LogP contribution is 2.40. The van der Waals surface area contributed by atoms with Crippen LogP contribution in [-0.2, 0) is 0 Å². The molecular weight excluding hydrogens is 256 g/mol. The van der Waals surface area contributed by atoms with Gasteiger partial charge in [-0.05, 0) is 35.0 Å². The zero-order valence-electron chi connectivity index (χ0n) is 11.3. The first kappa shape index (κ1) is 13.9. The van der Waals surface area contributed by atoms with Crippen molar-refractivity contribution >= 4 is 23.5 Å². The Morgan fingerprint density at radius 1 is 1.06 bits per heavy atom. The van der Waals surface area contributed by atoms with E-state index in [0.717, 1.165) is 11.5 Å². The second-order valence-corrected chi connectivity index (χ2v) is 8.27. The summed E-state index contributed by atoms with van der Waals surface area (Å²) in [6.45, 7) is 7.03. The molecule has 2 heteroatoms. The van der Waals surface area contributed by atoms with E-state index in [-0.39, 0.29) is 0 Å². The zero-order chi connectivity index (χ0) is 13.0. The quantitative estimate of drug-likeness (QED) is 0.640. The van der Waals surface area contributed by atoms with E-state index in [1.54, 1.807) is 0 Å². The second kappa shape index (κ2) is 6.08.